The maximum absolute atomic E-state index is 5.53. The zero-order valence-corrected chi connectivity index (χ0v) is 10.8. The van der Waals surface area contributed by atoms with Gasteiger partial charge in [-0.3, -0.25) is 0 Å². The minimum absolute atomic E-state index is 0.420. The maximum Gasteiger partial charge on any atom is 0.191 e. The molecule has 2 rings (SSSR count). The Bertz CT molecular complexity index is 476. The smallest absolute Gasteiger partial charge is 0.191 e. The number of hydrogen-bond donors (Lipinski definition) is 1. The molecule has 86 valence electrons. The molecule has 0 saturated carbocycles. The summed E-state index contributed by atoms with van der Waals surface area (Å²) in [6.07, 6.45) is 1.91. The fourth-order valence-electron chi connectivity index (χ4n) is 1.26. The van der Waals surface area contributed by atoms with Gasteiger partial charge in [-0.2, -0.15) is 0 Å². The summed E-state index contributed by atoms with van der Waals surface area (Å²) in [4.78, 5) is 5.46. The predicted octanol–water partition coefficient (Wildman–Crippen LogP) is 1.33. The molecule has 0 fully saturated rings. The molecule has 5 nitrogen and oxygen atoms in total. The van der Waals surface area contributed by atoms with Crippen molar-refractivity contribution in [3.8, 4) is 0 Å². The number of aromatic nitrogens is 4. The summed E-state index contributed by atoms with van der Waals surface area (Å²) in [5, 5.41) is 10.1. The number of thiazole rings is 1. The molecule has 0 saturated heterocycles. The highest BCUT2D eigenvalue weighted by Crippen LogP contribution is 2.24. The highest BCUT2D eigenvalue weighted by atomic mass is 32.2. The van der Waals surface area contributed by atoms with Crippen molar-refractivity contribution in [1.29, 1.82) is 0 Å². The fraction of sp³-hybridized carbons (Fsp3) is 0.444. The Morgan fingerprint density at radius 1 is 1.50 bits per heavy atom. The number of rotatable bonds is 4. The van der Waals surface area contributed by atoms with Crippen LogP contribution in [0, 0.1) is 6.92 Å². The van der Waals surface area contributed by atoms with E-state index in [2.05, 4.69) is 15.2 Å². The first kappa shape index (κ1) is 11.6. The molecule has 16 heavy (non-hydrogen) atoms. The molecule has 0 radical (unpaired) electrons. The summed E-state index contributed by atoms with van der Waals surface area (Å²) < 4.78 is 1.93. The third kappa shape index (κ3) is 2.42. The van der Waals surface area contributed by atoms with Crippen molar-refractivity contribution in [3.05, 3.63) is 21.9 Å². The molecule has 0 aliphatic rings. The largest absolute Gasteiger partial charge is 0.324 e. The minimum atomic E-state index is 0.420. The van der Waals surface area contributed by atoms with Crippen molar-refractivity contribution >= 4 is 23.1 Å². The van der Waals surface area contributed by atoms with Gasteiger partial charge in [0.15, 0.2) is 5.16 Å². The van der Waals surface area contributed by atoms with E-state index in [9.17, 15) is 0 Å². The molecule has 0 atom stereocenters. The molecular formula is C9H13N5S2. The summed E-state index contributed by atoms with van der Waals surface area (Å²) in [7, 11) is 1.93. The molecule has 0 aliphatic carbocycles. The fourth-order valence-corrected chi connectivity index (χ4v) is 3.00. The van der Waals surface area contributed by atoms with Crippen LogP contribution in [-0.4, -0.2) is 19.7 Å². The summed E-state index contributed by atoms with van der Waals surface area (Å²) in [5.41, 5.74) is 5.53. The average Bonchev–Trinajstić information content (AvgIpc) is 2.83. The zero-order chi connectivity index (χ0) is 11.5. The monoisotopic (exact) mass is 255 g/mol. The Morgan fingerprint density at radius 2 is 2.31 bits per heavy atom. The first-order valence-corrected chi connectivity index (χ1v) is 6.63. The number of nitrogens with zero attached hydrogens (tertiary/aromatic N) is 4. The van der Waals surface area contributed by atoms with Gasteiger partial charge in [0, 0.05) is 23.9 Å². The average molecular weight is 255 g/mol. The molecule has 0 amide bonds. The van der Waals surface area contributed by atoms with Gasteiger partial charge in [-0.05, 0) is 6.92 Å². The third-order valence-electron chi connectivity index (χ3n) is 2.12. The standard InChI is InChI=1S/C9H13N5S2/c1-6-11-4-7(16-6)5-15-9-13-12-8(3-10)14(9)2/h4H,3,5,10H2,1-2H3. The van der Waals surface area contributed by atoms with E-state index in [1.807, 2.05) is 24.7 Å². The van der Waals surface area contributed by atoms with Gasteiger partial charge >= 0.3 is 0 Å². The number of aryl methyl sites for hydroxylation is 1. The lowest BCUT2D eigenvalue weighted by Crippen LogP contribution is -2.05. The van der Waals surface area contributed by atoms with E-state index in [4.69, 9.17) is 5.73 Å². The van der Waals surface area contributed by atoms with Gasteiger partial charge in [-0.25, -0.2) is 4.98 Å². The van der Waals surface area contributed by atoms with Crippen molar-refractivity contribution in [3.63, 3.8) is 0 Å². The van der Waals surface area contributed by atoms with Crippen LogP contribution in [-0.2, 0) is 19.3 Å². The lowest BCUT2D eigenvalue weighted by molar-refractivity contribution is 0.734. The second-order valence-electron chi connectivity index (χ2n) is 3.30. The first-order valence-electron chi connectivity index (χ1n) is 4.83. The quantitative estimate of drug-likeness (QED) is 0.835. The number of nitrogens with two attached hydrogens (primary N) is 1. The van der Waals surface area contributed by atoms with Gasteiger partial charge in [0.1, 0.15) is 5.82 Å². The van der Waals surface area contributed by atoms with Crippen LogP contribution in [0.15, 0.2) is 11.4 Å². The molecule has 0 aliphatic heterocycles. The Hall–Kier alpha value is -0.920. The second kappa shape index (κ2) is 4.94. The van der Waals surface area contributed by atoms with Gasteiger partial charge in [-0.15, -0.1) is 21.5 Å². The maximum atomic E-state index is 5.53. The molecule has 2 aromatic heterocycles. The van der Waals surface area contributed by atoms with Gasteiger partial charge < -0.3 is 10.3 Å². The van der Waals surface area contributed by atoms with E-state index < -0.39 is 0 Å². The highest BCUT2D eigenvalue weighted by Gasteiger charge is 2.08. The molecule has 0 aromatic carbocycles. The van der Waals surface area contributed by atoms with Crippen LogP contribution in [0.1, 0.15) is 15.7 Å². The zero-order valence-electron chi connectivity index (χ0n) is 9.17. The summed E-state index contributed by atoms with van der Waals surface area (Å²) in [6.45, 7) is 2.43. The normalized spacial score (nSPS) is 10.9. The van der Waals surface area contributed by atoms with Gasteiger partial charge in [-0.1, -0.05) is 11.8 Å². The van der Waals surface area contributed by atoms with E-state index in [1.54, 1.807) is 23.1 Å². The van der Waals surface area contributed by atoms with Crippen LogP contribution in [0.4, 0.5) is 0 Å². The van der Waals surface area contributed by atoms with Crippen molar-refractivity contribution in [2.75, 3.05) is 0 Å². The van der Waals surface area contributed by atoms with E-state index >= 15 is 0 Å². The van der Waals surface area contributed by atoms with Crippen LogP contribution in [0.25, 0.3) is 0 Å². The number of thioether (sulfide) groups is 1. The molecule has 2 heterocycles. The molecule has 2 N–H and O–H groups in total. The minimum Gasteiger partial charge on any atom is -0.324 e. The topological polar surface area (TPSA) is 69.6 Å². The Balaban J connectivity index is 2.02. The van der Waals surface area contributed by atoms with E-state index in [0.29, 0.717) is 6.54 Å². The van der Waals surface area contributed by atoms with Gasteiger partial charge in [0.2, 0.25) is 0 Å². The Kier molecular flexibility index (Phi) is 3.57. The van der Waals surface area contributed by atoms with Crippen molar-refractivity contribution in [1.82, 2.24) is 19.7 Å². The molecule has 2 aromatic rings. The van der Waals surface area contributed by atoms with Crippen molar-refractivity contribution in [2.45, 2.75) is 24.4 Å². The van der Waals surface area contributed by atoms with Crippen molar-refractivity contribution < 1.29 is 0 Å². The predicted molar refractivity (Wildman–Crippen MR) is 65.3 cm³/mol. The Labute approximate surface area is 102 Å². The summed E-state index contributed by atoms with van der Waals surface area (Å²) in [6, 6.07) is 0. The van der Waals surface area contributed by atoms with Crippen LogP contribution >= 0.6 is 23.1 Å². The lowest BCUT2D eigenvalue weighted by atomic mass is 10.6. The summed E-state index contributed by atoms with van der Waals surface area (Å²) >= 11 is 3.37. The van der Waals surface area contributed by atoms with Crippen LogP contribution in [0.3, 0.4) is 0 Å². The van der Waals surface area contributed by atoms with Crippen LogP contribution in [0.2, 0.25) is 0 Å². The second-order valence-corrected chi connectivity index (χ2v) is 5.56. The van der Waals surface area contributed by atoms with E-state index in [1.165, 1.54) is 4.88 Å². The third-order valence-corrected chi connectivity index (χ3v) is 4.28. The lowest BCUT2D eigenvalue weighted by Gasteiger charge is -2.00. The summed E-state index contributed by atoms with van der Waals surface area (Å²) in [5.74, 6) is 1.69. The van der Waals surface area contributed by atoms with E-state index in [0.717, 1.165) is 21.7 Å². The van der Waals surface area contributed by atoms with Crippen LogP contribution in [0.5, 0.6) is 0 Å². The van der Waals surface area contributed by atoms with Gasteiger partial charge in [0.05, 0.1) is 11.6 Å². The highest BCUT2D eigenvalue weighted by molar-refractivity contribution is 7.98. The molecular weight excluding hydrogens is 242 g/mol. The Morgan fingerprint density at radius 3 is 2.88 bits per heavy atom. The molecule has 0 spiro atoms. The molecule has 7 heteroatoms. The molecule has 0 bridgehead atoms. The first-order chi connectivity index (χ1) is 7.70. The van der Waals surface area contributed by atoms with Crippen molar-refractivity contribution in [2.24, 2.45) is 12.8 Å². The molecule has 0 unspecified atom stereocenters. The van der Waals surface area contributed by atoms with E-state index in [-0.39, 0.29) is 0 Å². The SMILES string of the molecule is Cc1ncc(CSc2nnc(CN)n2C)s1. The number of hydrogen-bond acceptors (Lipinski definition) is 6. The van der Waals surface area contributed by atoms with Gasteiger partial charge in [0.25, 0.3) is 0 Å². The van der Waals surface area contributed by atoms with Crippen LogP contribution < -0.4 is 5.73 Å².